The molecule has 2 rings (SSSR count). The van der Waals surface area contributed by atoms with Crippen molar-refractivity contribution >= 4 is 0 Å². The minimum Gasteiger partial charge on any atom is -0.468 e. The van der Waals surface area contributed by atoms with E-state index >= 15 is 0 Å². The Hall–Kier alpha value is -0.800. The van der Waals surface area contributed by atoms with E-state index in [1.54, 1.807) is 0 Å². The average Bonchev–Trinajstić information content (AvgIpc) is 2.80. The van der Waals surface area contributed by atoms with Gasteiger partial charge >= 0.3 is 0 Å². The molecule has 1 fully saturated rings. The lowest BCUT2D eigenvalue weighted by molar-refractivity contribution is 0.177. The van der Waals surface area contributed by atoms with Gasteiger partial charge in [0, 0.05) is 18.7 Å². The highest BCUT2D eigenvalue weighted by molar-refractivity contribution is 5.16. The fourth-order valence-electron chi connectivity index (χ4n) is 2.63. The molecule has 108 valence electrons. The normalized spacial score (nSPS) is 15.9. The molecule has 3 heteroatoms. The third-order valence-electron chi connectivity index (χ3n) is 4.13. The Balaban J connectivity index is 1.83. The monoisotopic (exact) mass is 264 g/mol. The third kappa shape index (κ3) is 4.36. The summed E-state index contributed by atoms with van der Waals surface area (Å²) < 4.78 is 5.61. The maximum absolute atomic E-state index is 5.61. The zero-order chi connectivity index (χ0) is 13.5. The average molecular weight is 264 g/mol. The second kappa shape index (κ2) is 7.71. The Labute approximate surface area is 117 Å². The summed E-state index contributed by atoms with van der Waals surface area (Å²) >= 11 is 0. The summed E-state index contributed by atoms with van der Waals surface area (Å²) in [6, 6.07) is 2.13. The molecule has 0 bridgehead atoms. The van der Waals surface area contributed by atoms with E-state index in [2.05, 4.69) is 30.1 Å². The zero-order valence-corrected chi connectivity index (χ0v) is 12.5. The molecule has 1 aliphatic carbocycles. The molecular weight excluding hydrogens is 236 g/mol. The van der Waals surface area contributed by atoms with Crippen molar-refractivity contribution in [3.8, 4) is 0 Å². The van der Waals surface area contributed by atoms with Gasteiger partial charge in [-0.25, -0.2) is 0 Å². The number of furan rings is 1. The first-order valence-corrected chi connectivity index (χ1v) is 7.81. The quantitative estimate of drug-likeness (QED) is 0.693. The van der Waals surface area contributed by atoms with Crippen molar-refractivity contribution in [2.45, 2.75) is 52.6 Å². The van der Waals surface area contributed by atoms with Crippen LogP contribution < -0.4 is 5.32 Å². The maximum Gasteiger partial charge on any atom is 0.122 e. The molecule has 0 aromatic carbocycles. The fourth-order valence-corrected chi connectivity index (χ4v) is 2.63. The highest BCUT2D eigenvalue weighted by Crippen LogP contribution is 2.27. The van der Waals surface area contributed by atoms with Crippen LogP contribution in [0.25, 0.3) is 0 Å². The van der Waals surface area contributed by atoms with Gasteiger partial charge in [-0.05, 0) is 44.3 Å². The second-order valence-electron chi connectivity index (χ2n) is 5.67. The van der Waals surface area contributed by atoms with Crippen LogP contribution in [0, 0.1) is 5.92 Å². The second-order valence-corrected chi connectivity index (χ2v) is 5.67. The van der Waals surface area contributed by atoms with Gasteiger partial charge in [0.1, 0.15) is 5.76 Å². The van der Waals surface area contributed by atoms with Crippen LogP contribution in [0.2, 0.25) is 0 Å². The van der Waals surface area contributed by atoms with Gasteiger partial charge in [0.15, 0.2) is 0 Å². The molecule has 1 aliphatic rings. The zero-order valence-electron chi connectivity index (χ0n) is 12.5. The van der Waals surface area contributed by atoms with E-state index < -0.39 is 0 Å². The molecule has 1 saturated carbocycles. The van der Waals surface area contributed by atoms with Crippen molar-refractivity contribution in [1.29, 1.82) is 0 Å². The molecule has 0 amide bonds. The van der Waals surface area contributed by atoms with Crippen LogP contribution in [0.4, 0.5) is 0 Å². The van der Waals surface area contributed by atoms with Crippen molar-refractivity contribution in [3.05, 3.63) is 23.7 Å². The Bertz CT molecular complexity index is 357. The Kier molecular flexibility index (Phi) is 5.93. The first kappa shape index (κ1) is 14.6. The lowest BCUT2D eigenvalue weighted by atomic mass is 9.85. The number of hydrogen-bond acceptors (Lipinski definition) is 3. The maximum atomic E-state index is 5.61. The molecule has 0 unspecified atom stereocenters. The molecule has 0 spiro atoms. The highest BCUT2D eigenvalue weighted by atomic mass is 16.3. The van der Waals surface area contributed by atoms with E-state index in [9.17, 15) is 0 Å². The van der Waals surface area contributed by atoms with Crippen LogP contribution in [-0.4, -0.2) is 24.5 Å². The molecule has 1 aromatic heterocycles. The van der Waals surface area contributed by atoms with Crippen molar-refractivity contribution in [3.63, 3.8) is 0 Å². The smallest absolute Gasteiger partial charge is 0.122 e. The molecule has 19 heavy (non-hydrogen) atoms. The van der Waals surface area contributed by atoms with Gasteiger partial charge in [0.2, 0.25) is 0 Å². The summed E-state index contributed by atoms with van der Waals surface area (Å²) in [5.74, 6) is 2.05. The van der Waals surface area contributed by atoms with Crippen molar-refractivity contribution < 1.29 is 4.42 Å². The topological polar surface area (TPSA) is 28.4 Å². The van der Waals surface area contributed by atoms with E-state index in [0.717, 1.165) is 37.9 Å². The summed E-state index contributed by atoms with van der Waals surface area (Å²) in [4.78, 5) is 2.55. The van der Waals surface area contributed by atoms with E-state index in [0.29, 0.717) is 0 Å². The minimum absolute atomic E-state index is 0.858. The SMILES string of the molecule is CCCNCc1occc1CN(CC)CC1CCC1. The number of nitrogens with one attached hydrogen (secondary N) is 1. The predicted octanol–water partition coefficient (Wildman–Crippen LogP) is 3.40. The van der Waals surface area contributed by atoms with Crippen LogP contribution in [0.1, 0.15) is 50.9 Å². The van der Waals surface area contributed by atoms with E-state index in [1.807, 2.05) is 6.26 Å². The van der Waals surface area contributed by atoms with E-state index in [4.69, 9.17) is 4.42 Å². The molecular formula is C16H28N2O. The van der Waals surface area contributed by atoms with Gasteiger partial charge in [-0.1, -0.05) is 20.3 Å². The molecule has 1 aromatic rings. The number of hydrogen-bond donors (Lipinski definition) is 1. The molecule has 0 saturated heterocycles. The molecule has 0 atom stereocenters. The van der Waals surface area contributed by atoms with Crippen molar-refractivity contribution in [2.24, 2.45) is 5.92 Å². The Morgan fingerprint density at radius 3 is 2.84 bits per heavy atom. The van der Waals surface area contributed by atoms with Crippen molar-refractivity contribution in [1.82, 2.24) is 10.2 Å². The van der Waals surface area contributed by atoms with Gasteiger partial charge in [0.05, 0.1) is 12.8 Å². The van der Waals surface area contributed by atoms with Crippen molar-refractivity contribution in [2.75, 3.05) is 19.6 Å². The van der Waals surface area contributed by atoms with Gasteiger partial charge in [-0.2, -0.15) is 0 Å². The summed E-state index contributed by atoms with van der Waals surface area (Å²) in [6.07, 6.45) is 7.27. The Morgan fingerprint density at radius 2 is 2.21 bits per heavy atom. The van der Waals surface area contributed by atoms with Crippen LogP contribution in [-0.2, 0) is 13.1 Å². The minimum atomic E-state index is 0.858. The van der Waals surface area contributed by atoms with Crippen LogP contribution in [0.15, 0.2) is 16.7 Å². The molecule has 1 N–H and O–H groups in total. The fraction of sp³-hybridized carbons (Fsp3) is 0.750. The summed E-state index contributed by atoms with van der Waals surface area (Å²) in [7, 11) is 0. The largest absolute Gasteiger partial charge is 0.468 e. The highest BCUT2D eigenvalue weighted by Gasteiger charge is 2.20. The van der Waals surface area contributed by atoms with Crippen LogP contribution in [0.3, 0.4) is 0 Å². The molecule has 0 aliphatic heterocycles. The van der Waals surface area contributed by atoms with Crippen LogP contribution >= 0.6 is 0 Å². The van der Waals surface area contributed by atoms with Crippen LogP contribution in [0.5, 0.6) is 0 Å². The molecule has 1 heterocycles. The van der Waals surface area contributed by atoms with Gasteiger partial charge in [-0.15, -0.1) is 0 Å². The van der Waals surface area contributed by atoms with Gasteiger partial charge in [-0.3, -0.25) is 4.90 Å². The number of nitrogens with zero attached hydrogens (tertiary/aromatic N) is 1. The van der Waals surface area contributed by atoms with E-state index in [1.165, 1.54) is 37.8 Å². The standard InChI is InChI=1S/C16H28N2O/c1-3-9-17-11-16-15(8-10-19-16)13-18(4-2)12-14-6-5-7-14/h8,10,14,17H,3-7,9,11-13H2,1-2H3. The van der Waals surface area contributed by atoms with E-state index in [-0.39, 0.29) is 0 Å². The van der Waals surface area contributed by atoms with Gasteiger partial charge in [0.25, 0.3) is 0 Å². The molecule has 0 radical (unpaired) electrons. The Morgan fingerprint density at radius 1 is 1.37 bits per heavy atom. The van der Waals surface area contributed by atoms with Gasteiger partial charge < -0.3 is 9.73 Å². The summed E-state index contributed by atoms with van der Waals surface area (Å²) in [5.41, 5.74) is 1.35. The summed E-state index contributed by atoms with van der Waals surface area (Å²) in [6.45, 7) is 9.78. The third-order valence-corrected chi connectivity index (χ3v) is 4.13. The lowest BCUT2D eigenvalue weighted by Crippen LogP contribution is -2.32. The first-order valence-electron chi connectivity index (χ1n) is 7.81. The predicted molar refractivity (Wildman–Crippen MR) is 79.0 cm³/mol. The number of rotatable bonds is 9. The molecule has 3 nitrogen and oxygen atoms in total. The first-order chi connectivity index (χ1) is 9.33. The lowest BCUT2D eigenvalue weighted by Gasteiger charge is -2.31. The summed E-state index contributed by atoms with van der Waals surface area (Å²) in [5, 5.41) is 3.42.